The monoisotopic (exact) mass is 314 g/mol. The van der Waals surface area contributed by atoms with E-state index in [1.807, 2.05) is 0 Å². The van der Waals surface area contributed by atoms with Gasteiger partial charge in [0.25, 0.3) is 0 Å². The summed E-state index contributed by atoms with van der Waals surface area (Å²) in [6.45, 7) is 1.73. The second kappa shape index (κ2) is 6.44. The molecular formula is C15H13Cl2FO2. The zero-order valence-electron chi connectivity index (χ0n) is 10.7. The van der Waals surface area contributed by atoms with E-state index in [1.165, 1.54) is 6.07 Å². The molecule has 0 radical (unpaired) electrons. The minimum atomic E-state index is -0.716. The first kappa shape index (κ1) is 15.1. The Labute approximate surface area is 126 Å². The molecule has 0 heterocycles. The van der Waals surface area contributed by atoms with Crippen molar-refractivity contribution in [3.63, 3.8) is 0 Å². The van der Waals surface area contributed by atoms with Crippen molar-refractivity contribution in [2.24, 2.45) is 0 Å². The van der Waals surface area contributed by atoms with Crippen LogP contribution in [-0.4, -0.2) is 5.11 Å². The van der Waals surface area contributed by atoms with Gasteiger partial charge >= 0.3 is 0 Å². The normalized spacial score (nSPS) is 12.2. The summed E-state index contributed by atoms with van der Waals surface area (Å²) in [7, 11) is 0. The number of ether oxygens (including phenoxy) is 1. The molecule has 0 saturated heterocycles. The lowest BCUT2D eigenvalue weighted by atomic mass is 10.1. The zero-order chi connectivity index (χ0) is 14.7. The topological polar surface area (TPSA) is 29.5 Å². The lowest BCUT2D eigenvalue weighted by molar-refractivity contribution is 0.190. The third-order valence-corrected chi connectivity index (χ3v) is 3.50. The first-order chi connectivity index (χ1) is 9.49. The van der Waals surface area contributed by atoms with Gasteiger partial charge in [-0.1, -0.05) is 35.3 Å². The number of aliphatic hydroxyl groups is 1. The fourth-order valence-electron chi connectivity index (χ4n) is 1.79. The molecule has 0 aliphatic carbocycles. The van der Waals surface area contributed by atoms with Crippen LogP contribution in [0.1, 0.15) is 24.2 Å². The van der Waals surface area contributed by atoms with Crippen molar-refractivity contribution in [1.29, 1.82) is 0 Å². The molecule has 5 heteroatoms. The van der Waals surface area contributed by atoms with Crippen molar-refractivity contribution < 1.29 is 14.2 Å². The van der Waals surface area contributed by atoms with E-state index in [2.05, 4.69) is 0 Å². The lowest BCUT2D eigenvalue weighted by Gasteiger charge is -2.14. The van der Waals surface area contributed by atoms with E-state index in [9.17, 15) is 9.50 Å². The summed E-state index contributed by atoms with van der Waals surface area (Å²) >= 11 is 11.7. The van der Waals surface area contributed by atoms with E-state index in [-0.39, 0.29) is 11.6 Å². The largest absolute Gasteiger partial charge is 0.488 e. The van der Waals surface area contributed by atoms with Crippen molar-refractivity contribution in [2.75, 3.05) is 0 Å². The number of halogens is 3. The molecule has 0 spiro atoms. The van der Waals surface area contributed by atoms with Crippen LogP contribution >= 0.6 is 23.2 Å². The van der Waals surface area contributed by atoms with Crippen LogP contribution in [-0.2, 0) is 6.61 Å². The first-order valence-electron chi connectivity index (χ1n) is 6.02. The summed E-state index contributed by atoms with van der Waals surface area (Å²) < 4.78 is 18.9. The van der Waals surface area contributed by atoms with Crippen LogP contribution < -0.4 is 4.74 Å². The molecule has 2 aromatic rings. The van der Waals surface area contributed by atoms with Gasteiger partial charge in [-0.25, -0.2) is 4.39 Å². The fourth-order valence-corrected chi connectivity index (χ4v) is 2.15. The van der Waals surface area contributed by atoms with Gasteiger partial charge in [0.1, 0.15) is 18.2 Å². The second-order valence-electron chi connectivity index (χ2n) is 4.36. The molecule has 106 valence electrons. The molecule has 1 N–H and O–H groups in total. The fraction of sp³-hybridized carbons (Fsp3) is 0.200. The smallest absolute Gasteiger partial charge is 0.142 e. The Morgan fingerprint density at radius 3 is 2.70 bits per heavy atom. The minimum Gasteiger partial charge on any atom is -0.488 e. The molecule has 0 fully saturated rings. The quantitative estimate of drug-likeness (QED) is 0.881. The predicted molar refractivity (Wildman–Crippen MR) is 77.8 cm³/mol. The van der Waals surface area contributed by atoms with Gasteiger partial charge in [0.05, 0.1) is 11.1 Å². The highest BCUT2D eigenvalue weighted by atomic mass is 35.5. The summed E-state index contributed by atoms with van der Waals surface area (Å²) in [6.07, 6.45) is -0.716. The second-order valence-corrected chi connectivity index (χ2v) is 5.17. The third kappa shape index (κ3) is 3.42. The van der Waals surface area contributed by atoms with E-state index < -0.39 is 11.9 Å². The average molecular weight is 315 g/mol. The summed E-state index contributed by atoms with van der Waals surface area (Å²) in [4.78, 5) is 0. The van der Waals surface area contributed by atoms with Crippen LogP contribution in [0.25, 0.3) is 0 Å². The van der Waals surface area contributed by atoms with Crippen molar-refractivity contribution in [2.45, 2.75) is 19.6 Å². The van der Waals surface area contributed by atoms with Gasteiger partial charge in [0.2, 0.25) is 0 Å². The molecule has 0 aliphatic rings. The van der Waals surface area contributed by atoms with Crippen LogP contribution in [0.4, 0.5) is 4.39 Å². The number of hydrogen-bond acceptors (Lipinski definition) is 2. The number of aliphatic hydroxyl groups excluding tert-OH is 1. The number of hydrogen-bond donors (Lipinski definition) is 1. The van der Waals surface area contributed by atoms with Crippen LogP contribution in [0.5, 0.6) is 5.75 Å². The van der Waals surface area contributed by atoms with E-state index in [0.717, 1.165) is 0 Å². The molecule has 20 heavy (non-hydrogen) atoms. The molecule has 2 aromatic carbocycles. The van der Waals surface area contributed by atoms with E-state index in [4.69, 9.17) is 27.9 Å². The van der Waals surface area contributed by atoms with Crippen molar-refractivity contribution in [3.05, 3.63) is 63.4 Å². The van der Waals surface area contributed by atoms with E-state index >= 15 is 0 Å². The SMILES string of the molecule is CC(O)c1cc(Cl)ccc1OCc1cccc(F)c1Cl. The summed E-state index contributed by atoms with van der Waals surface area (Å²) in [5.41, 5.74) is 1.11. The van der Waals surface area contributed by atoms with Gasteiger partial charge in [0.15, 0.2) is 0 Å². The van der Waals surface area contributed by atoms with E-state index in [1.54, 1.807) is 37.3 Å². The highest BCUT2D eigenvalue weighted by Crippen LogP contribution is 2.29. The Morgan fingerprint density at radius 1 is 1.25 bits per heavy atom. The predicted octanol–water partition coefficient (Wildman–Crippen LogP) is 4.76. The zero-order valence-corrected chi connectivity index (χ0v) is 12.2. The van der Waals surface area contributed by atoms with E-state index in [0.29, 0.717) is 21.9 Å². The molecule has 0 aromatic heterocycles. The average Bonchev–Trinajstić information content (AvgIpc) is 2.41. The van der Waals surface area contributed by atoms with Crippen molar-refractivity contribution in [3.8, 4) is 5.75 Å². The Bertz CT molecular complexity index is 615. The highest BCUT2D eigenvalue weighted by Gasteiger charge is 2.12. The maximum absolute atomic E-state index is 13.3. The Balaban J connectivity index is 2.21. The maximum atomic E-state index is 13.3. The van der Waals surface area contributed by atoms with Gasteiger partial charge in [-0.15, -0.1) is 0 Å². The highest BCUT2D eigenvalue weighted by molar-refractivity contribution is 6.31. The lowest BCUT2D eigenvalue weighted by Crippen LogP contribution is -2.02. The van der Waals surface area contributed by atoms with Gasteiger partial charge in [0, 0.05) is 16.1 Å². The first-order valence-corrected chi connectivity index (χ1v) is 6.78. The molecule has 0 saturated carbocycles. The van der Waals surface area contributed by atoms with Gasteiger partial charge in [-0.05, 0) is 31.2 Å². The molecule has 0 bridgehead atoms. The number of benzene rings is 2. The molecule has 0 amide bonds. The standard InChI is InChI=1S/C15H13Cl2FO2/c1-9(19)12-7-11(16)5-6-14(12)20-8-10-3-2-4-13(18)15(10)17/h2-7,9,19H,8H2,1H3. The molecule has 2 rings (SSSR count). The molecule has 1 unspecified atom stereocenters. The maximum Gasteiger partial charge on any atom is 0.142 e. The Hall–Kier alpha value is -1.29. The summed E-state index contributed by atoms with van der Waals surface area (Å²) in [6, 6.07) is 9.50. The van der Waals surface area contributed by atoms with Gasteiger partial charge in [-0.2, -0.15) is 0 Å². The molecule has 1 atom stereocenters. The van der Waals surface area contributed by atoms with Crippen LogP contribution in [0.15, 0.2) is 36.4 Å². The van der Waals surface area contributed by atoms with Crippen LogP contribution in [0.2, 0.25) is 10.0 Å². The van der Waals surface area contributed by atoms with Crippen molar-refractivity contribution >= 4 is 23.2 Å². The van der Waals surface area contributed by atoms with Gasteiger partial charge in [-0.3, -0.25) is 0 Å². The van der Waals surface area contributed by atoms with Crippen LogP contribution in [0.3, 0.4) is 0 Å². The summed E-state index contributed by atoms with van der Waals surface area (Å²) in [5, 5.41) is 10.3. The minimum absolute atomic E-state index is 0.0417. The Morgan fingerprint density at radius 2 is 2.00 bits per heavy atom. The Kier molecular flexibility index (Phi) is 4.86. The molecule has 2 nitrogen and oxygen atoms in total. The van der Waals surface area contributed by atoms with Gasteiger partial charge < -0.3 is 9.84 Å². The third-order valence-electron chi connectivity index (χ3n) is 2.84. The molecule has 0 aliphatic heterocycles. The summed E-state index contributed by atoms with van der Waals surface area (Å²) in [5.74, 6) is 0.00403. The number of rotatable bonds is 4. The van der Waals surface area contributed by atoms with Crippen LogP contribution in [0, 0.1) is 5.82 Å². The van der Waals surface area contributed by atoms with Crippen molar-refractivity contribution in [1.82, 2.24) is 0 Å². The molecular weight excluding hydrogens is 302 g/mol.